The summed E-state index contributed by atoms with van der Waals surface area (Å²) in [5.41, 5.74) is 2.56. The third-order valence-corrected chi connectivity index (χ3v) is 11.1. The molecule has 2 aromatic carbocycles. The van der Waals surface area contributed by atoms with Crippen LogP contribution < -0.4 is 20.2 Å². The molecular weight excluding hydrogens is 459 g/mol. The molecule has 0 N–H and O–H groups in total. The second-order valence-corrected chi connectivity index (χ2v) is 15.1. The van der Waals surface area contributed by atoms with E-state index in [0.29, 0.717) is 0 Å². The van der Waals surface area contributed by atoms with Gasteiger partial charge in [-0.2, -0.15) is 8.42 Å². The Kier molecular flexibility index (Phi) is 6.25. The van der Waals surface area contributed by atoms with Crippen LogP contribution in [-0.2, 0) is 23.5 Å². The monoisotopic (exact) mass is 488 g/mol. The Labute approximate surface area is 166 Å². The van der Waals surface area contributed by atoms with Crippen molar-refractivity contribution in [1.29, 1.82) is 0 Å². The molecule has 0 amide bonds. The average molecular weight is 488 g/mol. The normalized spacial score (nSPS) is 13.2. The summed E-state index contributed by atoms with van der Waals surface area (Å²) >= 11 is -2.53. The van der Waals surface area contributed by atoms with E-state index in [1.165, 1.54) is 11.1 Å². The number of benzene rings is 2. The van der Waals surface area contributed by atoms with Crippen LogP contribution in [0.25, 0.3) is 0 Å². The Hall–Kier alpha value is -0.920. The molecule has 0 saturated carbocycles. The van der Waals surface area contributed by atoms with Crippen LogP contribution in [0.15, 0.2) is 48.5 Å². The maximum atomic E-state index is 11.9. The summed E-state index contributed by atoms with van der Waals surface area (Å²) in [6.45, 7) is 13.0. The van der Waals surface area contributed by atoms with Gasteiger partial charge in [0.2, 0.25) is 0 Å². The fourth-order valence-corrected chi connectivity index (χ4v) is 8.77. The van der Waals surface area contributed by atoms with Gasteiger partial charge in [-0.1, -0.05) is 65.8 Å². The van der Waals surface area contributed by atoms with Crippen LogP contribution in [0.5, 0.6) is 0 Å². The zero-order valence-corrected chi connectivity index (χ0v) is 19.6. The van der Waals surface area contributed by atoms with Crippen molar-refractivity contribution >= 4 is 10.1 Å². The summed E-state index contributed by atoms with van der Waals surface area (Å²) < 4.78 is 31.3. The van der Waals surface area contributed by atoms with Gasteiger partial charge >= 0.3 is 30.4 Å². The van der Waals surface area contributed by atoms with Crippen LogP contribution in [-0.4, -0.2) is 14.7 Å². The molecule has 26 heavy (non-hydrogen) atoms. The van der Waals surface area contributed by atoms with Crippen LogP contribution in [0.3, 0.4) is 0 Å². The minimum atomic E-state index is -3.53. The lowest BCUT2D eigenvalue weighted by Gasteiger charge is -2.19. The molecule has 0 spiro atoms. The van der Waals surface area contributed by atoms with Gasteiger partial charge in [0.1, 0.15) is 0 Å². The molecule has 0 fully saturated rings. The maximum Gasteiger partial charge on any atom is 0.323 e. The highest BCUT2D eigenvalue weighted by Crippen LogP contribution is 2.22. The van der Waals surface area contributed by atoms with Gasteiger partial charge in [-0.05, 0) is 48.7 Å². The highest BCUT2D eigenvalue weighted by Gasteiger charge is 2.35. The van der Waals surface area contributed by atoms with Crippen molar-refractivity contribution in [2.45, 2.75) is 52.4 Å². The van der Waals surface area contributed by atoms with Crippen molar-refractivity contribution in [3.8, 4) is 0 Å². The first kappa shape index (κ1) is 21.4. The first-order chi connectivity index (χ1) is 11.8. The molecular formula is C21H29IO3S+. The van der Waals surface area contributed by atoms with Crippen LogP contribution in [0, 0.1) is 7.14 Å². The van der Waals surface area contributed by atoms with Gasteiger partial charge in [0.25, 0.3) is 0 Å². The van der Waals surface area contributed by atoms with E-state index in [0.717, 1.165) is 13.4 Å². The lowest BCUT2D eigenvalue weighted by molar-refractivity contribution is -1.03. The standard InChI is InChI=1S/C21H29IO3S/c1-20(2,3)16-8-12-18(13-9-16)22(25-26(7,23)24)19-14-10-17(11-15-19)21(4,5)6/h8-15H,1-7H3/q+1. The lowest BCUT2D eigenvalue weighted by atomic mass is 9.87. The molecule has 0 aliphatic rings. The molecule has 0 aromatic heterocycles. The molecule has 0 saturated heterocycles. The summed E-state index contributed by atoms with van der Waals surface area (Å²) in [4.78, 5) is 0. The van der Waals surface area contributed by atoms with Gasteiger partial charge in [0.15, 0.2) is 7.14 Å². The second kappa shape index (κ2) is 7.60. The largest absolute Gasteiger partial charge is 0.323 e. The van der Waals surface area contributed by atoms with Crippen molar-refractivity contribution in [2.24, 2.45) is 0 Å². The summed E-state index contributed by atoms with van der Waals surface area (Å²) in [7, 11) is -3.53. The van der Waals surface area contributed by atoms with Crippen molar-refractivity contribution in [2.75, 3.05) is 6.26 Å². The van der Waals surface area contributed by atoms with Gasteiger partial charge in [0.05, 0.1) is 6.26 Å². The van der Waals surface area contributed by atoms with E-state index >= 15 is 0 Å². The summed E-state index contributed by atoms with van der Waals surface area (Å²) in [6.07, 6.45) is 1.13. The van der Waals surface area contributed by atoms with Gasteiger partial charge in [-0.3, -0.25) is 0 Å². The highest BCUT2D eigenvalue weighted by molar-refractivity contribution is 7.85. The van der Waals surface area contributed by atoms with E-state index in [9.17, 15) is 8.42 Å². The zero-order chi connectivity index (χ0) is 19.8. The molecule has 1 radical (unpaired) electrons. The predicted molar refractivity (Wildman–Crippen MR) is 104 cm³/mol. The van der Waals surface area contributed by atoms with Gasteiger partial charge in [-0.25, -0.2) is 0 Å². The highest BCUT2D eigenvalue weighted by atomic mass is 127. The van der Waals surface area contributed by atoms with Crippen LogP contribution >= 0.6 is 0 Å². The van der Waals surface area contributed by atoms with Crippen molar-refractivity contribution in [3.63, 3.8) is 0 Å². The lowest BCUT2D eigenvalue weighted by Crippen LogP contribution is -3.85. The Bertz CT molecular complexity index is 783. The molecule has 2 aromatic rings. The van der Waals surface area contributed by atoms with E-state index in [4.69, 9.17) is 2.51 Å². The van der Waals surface area contributed by atoms with E-state index in [1.807, 2.05) is 24.3 Å². The van der Waals surface area contributed by atoms with Gasteiger partial charge in [-0.15, -0.1) is 0 Å². The molecule has 2 rings (SSSR count). The minimum absolute atomic E-state index is 0.0591. The molecule has 0 atom stereocenters. The zero-order valence-electron chi connectivity index (χ0n) is 16.6. The number of rotatable bonds is 4. The van der Waals surface area contributed by atoms with E-state index < -0.39 is 30.4 Å². The quantitative estimate of drug-likeness (QED) is 0.618. The second-order valence-electron chi connectivity index (χ2n) is 8.53. The third kappa shape index (κ3) is 5.79. The topological polar surface area (TPSA) is 43.4 Å². The van der Waals surface area contributed by atoms with E-state index in [1.54, 1.807) is 0 Å². The van der Waals surface area contributed by atoms with Crippen LogP contribution in [0.2, 0.25) is 0 Å². The van der Waals surface area contributed by atoms with E-state index in [2.05, 4.69) is 65.8 Å². The van der Waals surface area contributed by atoms with Gasteiger partial charge < -0.3 is 0 Å². The Balaban J connectivity index is 2.44. The molecule has 0 aliphatic heterocycles. The first-order valence-electron chi connectivity index (χ1n) is 8.58. The van der Waals surface area contributed by atoms with Crippen molar-refractivity contribution < 1.29 is 31.2 Å². The first-order valence-corrected chi connectivity index (χ1v) is 13.4. The SMILES string of the molecule is CC(C)(C)c1ccc([I+](OS(C)(=O)=O)c2ccc(C(C)(C)C)cc2)cc1. The third-order valence-electron chi connectivity index (χ3n) is 3.99. The van der Waals surface area contributed by atoms with Crippen molar-refractivity contribution in [3.05, 3.63) is 66.8 Å². The summed E-state index contributed by atoms with van der Waals surface area (Å²) in [5, 5.41) is 0. The average Bonchev–Trinajstić information content (AvgIpc) is 2.50. The number of halogens is 1. The Morgan fingerprint density at radius 3 is 1.23 bits per heavy atom. The van der Waals surface area contributed by atoms with Crippen LogP contribution in [0.1, 0.15) is 52.7 Å². The molecule has 3 nitrogen and oxygen atoms in total. The van der Waals surface area contributed by atoms with Gasteiger partial charge in [0, 0.05) is 0 Å². The Morgan fingerprint density at radius 1 is 0.692 bits per heavy atom. The molecule has 0 bridgehead atoms. The fraction of sp³-hybridized carbons (Fsp3) is 0.429. The smallest absolute Gasteiger partial charge is 0.196 e. The molecule has 0 aliphatic carbocycles. The van der Waals surface area contributed by atoms with Crippen LogP contribution in [0.4, 0.5) is 0 Å². The maximum absolute atomic E-state index is 11.9. The predicted octanol–water partition coefficient (Wildman–Crippen LogP) is 1.84. The molecule has 0 heterocycles. The molecule has 0 unspecified atom stereocenters. The number of hydrogen-bond donors (Lipinski definition) is 0. The minimum Gasteiger partial charge on any atom is -0.196 e. The molecule has 5 heteroatoms. The summed E-state index contributed by atoms with van der Waals surface area (Å²) in [5.74, 6) is 0. The van der Waals surface area contributed by atoms with E-state index in [-0.39, 0.29) is 10.8 Å². The fourth-order valence-electron chi connectivity index (χ4n) is 2.44. The molecule has 143 valence electrons. The summed E-state index contributed by atoms with van der Waals surface area (Å²) in [6, 6.07) is 16.4. The Morgan fingerprint density at radius 2 is 1.00 bits per heavy atom. The number of hydrogen-bond acceptors (Lipinski definition) is 3. The van der Waals surface area contributed by atoms with Crippen molar-refractivity contribution in [1.82, 2.24) is 0 Å².